The third-order valence-corrected chi connectivity index (χ3v) is 4.46. The monoisotopic (exact) mass is 332 g/mol. The van der Waals surface area contributed by atoms with Crippen molar-refractivity contribution in [2.75, 3.05) is 5.32 Å². The number of amides is 1. The summed E-state index contributed by atoms with van der Waals surface area (Å²) in [6.07, 6.45) is 0. The van der Waals surface area contributed by atoms with Crippen molar-refractivity contribution in [1.29, 1.82) is 0 Å². The molecule has 3 aromatic rings. The summed E-state index contributed by atoms with van der Waals surface area (Å²) in [4.78, 5) is 15.7. The molecule has 0 aliphatic carbocycles. The number of carbonyl (C=O) groups is 1. The predicted molar refractivity (Wildman–Crippen MR) is 92.2 cm³/mol. The number of halogens is 2. The van der Waals surface area contributed by atoms with E-state index in [4.69, 9.17) is 23.2 Å². The first kappa shape index (κ1) is 14.9. The second-order valence-electron chi connectivity index (χ2n) is 5.23. The fourth-order valence-corrected chi connectivity index (χ4v) is 2.80. The number of carbonyl (C=O) groups excluding carboxylic acids is 1. The Labute approximate surface area is 138 Å². The Balaban J connectivity index is 1.99. The highest BCUT2D eigenvalue weighted by Gasteiger charge is 2.16. The van der Waals surface area contributed by atoms with Gasteiger partial charge in [-0.25, -0.2) is 0 Å². The van der Waals surface area contributed by atoms with Gasteiger partial charge in [0.2, 0.25) is 0 Å². The molecule has 0 spiro atoms. The fraction of sp³-hybridized carbons (Fsp3) is 0.118. The summed E-state index contributed by atoms with van der Waals surface area (Å²) >= 11 is 12.1. The van der Waals surface area contributed by atoms with E-state index in [1.807, 2.05) is 26.0 Å². The first-order valence-corrected chi connectivity index (χ1v) is 7.57. The number of aromatic amines is 1. The average molecular weight is 333 g/mol. The third kappa shape index (κ3) is 2.58. The van der Waals surface area contributed by atoms with Crippen LogP contribution in [0.25, 0.3) is 10.9 Å². The molecule has 2 N–H and O–H groups in total. The molecule has 3 rings (SSSR count). The van der Waals surface area contributed by atoms with Crippen molar-refractivity contribution in [2.45, 2.75) is 13.8 Å². The molecule has 112 valence electrons. The molecule has 0 bridgehead atoms. The van der Waals surface area contributed by atoms with Crippen LogP contribution in [0.5, 0.6) is 0 Å². The van der Waals surface area contributed by atoms with Crippen LogP contribution in [0, 0.1) is 13.8 Å². The lowest BCUT2D eigenvalue weighted by Gasteiger charge is -2.07. The van der Waals surface area contributed by atoms with Gasteiger partial charge in [-0.15, -0.1) is 0 Å². The first-order chi connectivity index (χ1) is 10.5. The summed E-state index contributed by atoms with van der Waals surface area (Å²) < 4.78 is 0. The number of hydrogen-bond donors (Lipinski definition) is 2. The summed E-state index contributed by atoms with van der Waals surface area (Å²) in [5.74, 6) is -0.240. The van der Waals surface area contributed by atoms with Gasteiger partial charge in [0.15, 0.2) is 0 Å². The van der Waals surface area contributed by atoms with Crippen LogP contribution in [-0.2, 0) is 0 Å². The van der Waals surface area contributed by atoms with Crippen LogP contribution in [0.1, 0.15) is 21.6 Å². The maximum Gasteiger partial charge on any atom is 0.272 e. The van der Waals surface area contributed by atoms with E-state index in [2.05, 4.69) is 16.4 Å². The van der Waals surface area contributed by atoms with Crippen molar-refractivity contribution in [3.05, 3.63) is 63.3 Å². The van der Waals surface area contributed by atoms with Gasteiger partial charge in [0.1, 0.15) is 5.69 Å². The molecule has 1 aromatic heterocycles. The minimum Gasteiger partial charge on any atom is -0.350 e. The Bertz CT molecular complexity index is 884. The van der Waals surface area contributed by atoms with E-state index in [1.165, 1.54) is 0 Å². The summed E-state index contributed by atoms with van der Waals surface area (Å²) in [5, 5.41) is 4.58. The van der Waals surface area contributed by atoms with Gasteiger partial charge in [-0.05, 0) is 43.7 Å². The summed E-state index contributed by atoms with van der Waals surface area (Å²) in [7, 11) is 0. The topological polar surface area (TPSA) is 44.9 Å². The number of fused-ring (bicyclic) bond motifs is 1. The minimum atomic E-state index is -0.240. The molecule has 0 unspecified atom stereocenters. The summed E-state index contributed by atoms with van der Waals surface area (Å²) in [6.45, 7) is 3.95. The lowest BCUT2D eigenvalue weighted by Crippen LogP contribution is -2.13. The zero-order chi connectivity index (χ0) is 15.9. The third-order valence-electron chi connectivity index (χ3n) is 3.64. The van der Waals surface area contributed by atoms with Gasteiger partial charge in [0.25, 0.3) is 5.91 Å². The van der Waals surface area contributed by atoms with E-state index < -0.39 is 0 Å². The van der Waals surface area contributed by atoms with Crippen LogP contribution < -0.4 is 5.32 Å². The minimum absolute atomic E-state index is 0.240. The van der Waals surface area contributed by atoms with Crippen LogP contribution in [0.15, 0.2) is 36.4 Å². The molecular weight excluding hydrogens is 319 g/mol. The van der Waals surface area contributed by atoms with Crippen LogP contribution in [0.4, 0.5) is 5.69 Å². The Morgan fingerprint density at radius 2 is 1.91 bits per heavy atom. The number of aromatic nitrogens is 1. The van der Waals surface area contributed by atoms with Crippen LogP contribution >= 0.6 is 23.2 Å². The van der Waals surface area contributed by atoms with Crippen LogP contribution in [0.3, 0.4) is 0 Å². The SMILES string of the molecule is Cc1ccc2[nH]c(C(=O)Nc3cccc(Cl)c3Cl)c(C)c2c1. The van der Waals surface area contributed by atoms with Crippen molar-refractivity contribution in [3.8, 4) is 0 Å². The van der Waals surface area contributed by atoms with Crippen molar-refractivity contribution in [2.24, 2.45) is 0 Å². The maximum absolute atomic E-state index is 12.5. The lowest BCUT2D eigenvalue weighted by atomic mass is 10.1. The zero-order valence-electron chi connectivity index (χ0n) is 12.1. The molecule has 0 aliphatic rings. The molecule has 5 heteroatoms. The van der Waals surface area contributed by atoms with E-state index in [1.54, 1.807) is 18.2 Å². The quantitative estimate of drug-likeness (QED) is 0.653. The lowest BCUT2D eigenvalue weighted by molar-refractivity contribution is 0.102. The standard InChI is InChI=1S/C17H14Cl2N2O/c1-9-6-7-13-11(8-9)10(2)16(20-13)17(22)21-14-5-3-4-12(18)15(14)19/h3-8,20H,1-2H3,(H,21,22). The molecular formula is C17H14Cl2N2O. The van der Waals surface area contributed by atoms with Gasteiger partial charge in [0.05, 0.1) is 15.7 Å². The second kappa shape index (κ2) is 5.67. The molecule has 0 saturated carbocycles. The van der Waals surface area contributed by atoms with Gasteiger partial charge in [-0.1, -0.05) is 40.9 Å². The molecule has 3 nitrogen and oxygen atoms in total. The van der Waals surface area contributed by atoms with Gasteiger partial charge in [-0.3, -0.25) is 4.79 Å². The maximum atomic E-state index is 12.5. The van der Waals surface area contributed by atoms with Crippen molar-refractivity contribution < 1.29 is 4.79 Å². The average Bonchev–Trinajstić information content (AvgIpc) is 2.81. The number of hydrogen-bond acceptors (Lipinski definition) is 1. The normalized spacial score (nSPS) is 10.9. The smallest absolute Gasteiger partial charge is 0.272 e. The number of benzene rings is 2. The number of rotatable bonds is 2. The van der Waals surface area contributed by atoms with E-state index in [-0.39, 0.29) is 5.91 Å². The van der Waals surface area contributed by atoms with Gasteiger partial charge in [-0.2, -0.15) is 0 Å². The van der Waals surface area contributed by atoms with Gasteiger partial charge < -0.3 is 10.3 Å². The van der Waals surface area contributed by atoms with E-state index in [0.29, 0.717) is 21.4 Å². The largest absolute Gasteiger partial charge is 0.350 e. The number of nitrogens with one attached hydrogen (secondary N) is 2. The molecule has 1 amide bonds. The second-order valence-corrected chi connectivity index (χ2v) is 6.01. The van der Waals surface area contributed by atoms with Gasteiger partial charge >= 0.3 is 0 Å². The fourth-order valence-electron chi connectivity index (χ4n) is 2.45. The molecule has 2 aromatic carbocycles. The van der Waals surface area contributed by atoms with Crippen molar-refractivity contribution >= 4 is 45.7 Å². The van der Waals surface area contributed by atoms with Crippen molar-refractivity contribution in [1.82, 2.24) is 4.98 Å². The van der Waals surface area contributed by atoms with Gasteiger partial charge in [0, 0.05) is 10.9 Å². The summed E-state index contributed by atoms with van der Waals surface area (Å²) in [6, 6.07) is 11.2. The molecule has 0 aliphatic heterocycles. The molecule has 0 saturated heterocycles. The van der Waals surface area contributed by atoms with E-state index in [9.17, 15) is 4.79 Å². The number of H-pyrrole nitrogens is 1. The Morgan fingerprint density at radius 1 is 1.14 bits per heavy atom. The van der Waals surface area contributed by atoms with E-state index in [0.717, 1.165) is 22.0 Å². The Kier molecular flexibility index (Phi) is 3.85. The highest BCUT2D eigenvalue weighted by molar-refractivity contribution is 6.44. The summed E-state index contributed by atoms with van der Waals surface area (Å²) in [5.41, 5.74) is 4.02. The molecule has 1 heterocycles. The number of aryl methyl sites for hydroxylation is 2. The zero-order valence-corrected chi connectivity index (χ0v) is 13.6. The molecule has 0 radical (unpaired) electrons. The highest BCUT2D eigenvalue weighted by atomic mass is 35.5. The first-order valence-electron chi connectivity index (χ1n) is 6.81. The van der Waals surface area contributed by atoms with Crippen molar-refractivity contribution in [3.63, 3.8) is 0 Å². The molecule has 22 heavy (non-hydrogen) atoms. The van der Waals surface area contributed by atoms with E-state index >= 15 is 0 Å². The highest BCUT2D eigenvalue weighted by Crippen LogP contribution is 2.30. The predicted octanol–water partition coefficient (Wildman–Crippen LogP) is 5.34. The number of anilines is 1. The van der Waals surface area contributed by atoms with Crippen LogP contribution in [-0.4, -0.2) is 10.9 Å². The van der Waals surface area contributed by atoms with Crippen LogP contribution in [0.2, 0.25) is 10.0 Å². The Morgan fingerprint density at radius 3 is 2.68 bits per heavy atom. The molecule has 0 atom stereocenters. The Hall–Kier alpha value is -1.97. The molecule has 0 fully saturated rings.